The summed E-state index contributed by atoms with van der Waals surface area (Å²) in [4.78, 5) is 39.7. The summed E-state index contributed by atoms with van der Waals surface area (Å²) in [5.41, 5.74) is 2.12. The minimum Gasteiger partial charge on any atom is -0.367 e. The highest BCUT2D eigenvalue weighted by Gasteiger charge is 2.32. The number of likely N-dealkylation sites (tertiary alicyclic amines) is 1. The van der Waals surface area contributed by atoms with Crippen LogP contribution >= 0.6 is 11.6 Å². The average Bonchev–Trinajstić information content (AvgIpc) is 3.23. The highest BCUT2D eigenvalue weighted by atomic mass is 35.5. The van der Waals surface area contributed by atoms with Crippen LogP contribution < -0.4 is 15.5 Å². The summed E-state index contributed by atoms with van der Waals surface area (Å²) in [7, 11) is 4.10. The van der Waals surface area contributed by atoms with E-state index < -0.39 is 0 Å². The second kappa shape index (κ2) is 9.76. The summed E-state index contributed by atoms with van der Waals surface area (Å²) >= 11 is 5.84. The van der Waals surface area contributed by atoms with Gasteiger partial charge >= 0.3 is 0 Å². The van der Waals surface area contributed by atoms with Gasteiger partial charge < -0.3 is 25.3 Å². The van der Waals surface area contributed by atoms with Gasteiger partial charge in [0.25, 0.3) is 5.91 Å². The maximum absolute atomic E-state index is 13.3. The Bertz CT molecular complexity index is 1040. The number of carbonyl (C=O) groups excluding carboxylic acids is 2. The molecular weight excluding hydrogens is 442 g/mol. The van der Waals surface area contributed by atoms with Gasteiger partial charge in [0.15, 0.2) is 0 Å². The summed E-state index contributed by atoms with van der Waals surface area (Å²) in [6.45, 7) is 6.39. The molecule has 33 heavy (non-hydrogen) atoms. The Morgan fingerprint density at radius 2 is 1.94 bits per heavy atom. The van der Waals surface area contributed by atoms with Crippen LogP contribution in [0.25, 0.3) is 0 Å². The highest BCUT2D eigenvalue weighted by Crippen LogP contribution is 2.32. The fraction of sp³-hybridized carbons (Fsp3) is 0.391. The number of anilines is 3. The smallest absolute Gasteiger partial charge is 0.254 e. The Morgan fingerprint density at radius 1 is 1.21 bits per heavy atom. The number of hydrogen-bond acceptors (Lipinski definition) is 7. The van der Waals surface area contributed by atoms with Crippen molar-refractivity contribution >= 4 is 40.7 Å². The maximum Gasteiger partial charge on any atom is 0.254 e. The van der Waals surface area contributed by atoms with Crippen LogP contribution in [-0.4, -0.2) is 83.9 Å². The Kier molecular flexibility index (Phi) is 6.80. The molecule has 2 aliphatic rings. The first-order valence-corrected chi connectivity index (χ1v) is 11.2. The summed E-state index contributed by atoms with van der Waals surface area (Å²) in [5.74, 6) is 0.179. The summed E-state index contributed by atoms with van der Waals surface area (Å²) in [6, 6.07) is 5.93. The number of amides is 2. The van der Waals surface area contributed by atoms with Gasteiger partial charge in [-0.05, 0) is 44.8 Å². The average molecular weight is 470 g/mol. The van der Waals surface area contributed by atoms with Gasteiger partial charge in [-0.2, -0.15) is 0 Å². The standard InChI is InChI=1S/C23H28ClN7O2/c1-4-21(32)28-19-6-5-15(9-20(19)31-13-18(14-31)29(2)3)22(33)30-8-7-17(12-30)27-23-25-10-16(24)11-26-23/h4-6,9-11,17-18H,1,7-8,12-14H2,2-3H3,(H,28,32)(H,25,26,27)/t17-/m1/s1. The lowest BCUT2D eigenvalue weighted by Crippen LogP contribution is -2.57. The van der Waals surface area contributed by atoms with Crippen molar-refractivity contribution in [1.82, 2.24) is 19.8 Å². The molecule has 2 saturated heterocycles. The molecule has 0 unspecified atom stereocenters. The molecule has 2 amide bonds. The number of rotatable bonds is 7. The van der Waals surface area contributed by atoms with Crippen molar-refractivity contribution in [3.05, 3.63) is 53.8 Å². The molecule has 10 heteroatoms. The monoisotopic (exact) mass is 469 g/mol. The molecule has 9 nitrogen and oxygen atoms in total. The number of nitrogens with zero attached hydrogens (tertiary/aromatic N) is 5. The van der Waals surface area contributed by atoms with E-state index in [1.165, 1.54) is 6.08 Å². The molecule has 1 atom stereocenters. The number of benzene rings is 1. The molecule has 2 N–H and O–H groups in total. The van der Waals surface area contributed by atoms with Crippen LogP contribution in [-0.2, 0) is 4.79 Å². The molecule has 0 spiro atoms. The first-order chi connectivity index (χ1) is 15.8. The van der Waals surface area contributed by atoms with Crippen molar-refractivity contribution in [3.8, 4) is 0 Å². The third kappa shape index (κ3) is 5.26. The van der Waals surface area contributed by atoms with Gasteiger partial charge in [0.2, 0.25) is 11.9 Å². The molecule has 2 fully saturated rings. The van der Waals surface area contributed by atoms with E-state index in [0.29, 0.717) is 41.4 Å². The van der Waals surface area contributed by atoms with E-state index in [9.17, 15) is 9.59 Å². The predicted octanol–water partition coefficient (Wildman–Crippen LogP) is 2.33. The molecule has 1 aromatic heterocycles. The van der Waals surface area contributed by atoms with Crippen LogP contribution in [0.5, 0.6) is 0 Å². The molecule has 0 bridgehead atoms. The van der Waals surface area contributed by atoms with Gasteiger partial charge in [-0.3, -0.25) is 9.59 Å². The third-order valence-corrected chi connectivity index (χ3v) is 6.25. The Labute approximate surface area is 198 Å². The zero-order chi connectivity index (χ0) is 23.5. The van der Waals surface area contributed by atoms with Crippen molar-refractivity contribution in [2.24, 2.45) is 0 Å². The number of hydrogen-bond donors (Lipinski definition) is 2. The summed E-state index contributed by atoms with van der Waals surface area (Å²) in [6.07, 6.45) is 5.12. The summed E-state index contributed by atoms with van der Waals surface area (Å²) in [5, 5.41) is 6.60. The van der Waals surface area contributed by atoms with Crippen molar-refractivity contribution in [2.75, 3.05) is 55.8 Å². The second-order valence-electron chi connectivity index (χ2n) is 8.55. The van der Waals surface area contributed by atoms with Gasteiger partial charge in [-0.1, -0.05) is 18.2 Å². The topological polar surface area (TPSA) is 93.7 Å². The Morgan fingerprint density at radius 3 is 2.61 bits per heavy atom. The largest absolute Gasteiger partial charge is 0.367 e. The van der Waals surface area contributed by atoms with E-state index in [1.54, 1.807) is 24.5 Å². The van der Waals surface area contributed by atoms with E-state index in [0.717, 1.165) is 25.2 Å². The van der Waals surface area contributed by atoms with Crippen molar-refractivity contribution in [1.29, 1.82) is 0 Å². The molecule has 3 heterocycles. The minimum absolute atomic E-state index is 0.0381. The van der Waals surface area contributed by atoms with E-state index >= 15 is 0 Å². The van der Waals surface area contributed by atoms with Crippen molar-refractivity contribution < 1.29 is 9.59 Å². The predicted molar refractivity (Wildman–Crippen MR) is 130 cm³/mol. The Hall–Kier alpha value is -3.17. The normalized spacial score (nSPS) is 18.2. The van der Waals surface area contributed by atoms with E-state index in [1.807, 2.05) is 11.0 Å². The highest BCUT2D eigenvalue weighted by molar-refractivity contribution is 6.30. The van der Waals surface area contributed by atoms with Crippen LogP contribution in [0.15, 0.2) is 43.2 Å². The third-order valence-electron chi connectivity index (χ3n) is 6.05. The minimum atomic E-state index is -0.280. The van der Waals surface area contributed by atoms with E-state index in [4.69, 9.17) is 11.6 Å². The first-order valence-electron chi connectivity index (χ1n) is 10.9. The molecular formula is C23H28ClN7O2. The molecule has 2 aromatic rings. The van der Waals surface area contributed by atoms with Gasteiger partial charge in [-0.15, -0.1) is 0 Å². The Balaban J connectivity index is 1.46. The second-order valence-corrected chi connectivity index (χ2v) is 8.99. The summed E-state index contributed by atoms with van der Waals surface area (Å²) < 4.78 is 0. The van der Waals surface area contributed by atoms with Crippen LogP contribution in [0.2, 0.25) is 5.02 Å². The lowest BCUT2D eigenvalue weighted by Gasteiger charge is -2.45. The number of likely N-dealkylation sites (N-methyl/N-ethyl adjacent to an activating group) is 1. The fourth-order valence-electron chi connectivity index (χ4n) is 4.01. The molecule has 1 aromatic carbocycles. The molecule has 174 valence electrons. The van der Waals surface area contributed by atoms with Crippen molar-refractivity contribution in [2.45, 2.75) is 18.5 Å². The fourth-order valence-corrected chi connectivity index (χ4v) is 4.11. The van der Waals surface area contributed by atoms with E-state index in [2.05, 4.69) is 51.1 Å². The van der Waals surface area contributed by atoms with Crippen LogP contribution in [0.1, 0.15) is 16.8 Å². The van der Waals surface area contributed by atoms with Crippen molar-refractivity contribution in [3.63, 3.8) is 0 Å². The van der Waals surface area contributed by atoms with Gasteiger partial charge in [0.05, 0.1) is 28.8 Å². The molecule has 4 rings (SSSR count). The van der Waals surface area contributed by atoms with Gasteiger partial charge in [0, 0.05) is 43.8 Å². The lowest BCUT2D eigenvalue weighted by molar-refractivity contribution is -0.111. The van der Waals surface area contributed by atoms with Crippen LogP contribution in [0.4, 0.5) is 17.3 Å². The number of carbonyl (C=O) groups is 2. The molecule has 0 aliphatic carbocycles. The molecule has 2 aliphatic heterocycles. The quantitative estimate of drug-likeness (QED) is 0.601. The maximum atomic E-state index is 13.3. The zero-order valence-corrected chi connectivity index (χ0v) is 19.5. The van der Waals surface area contributed by atoms with Crippen LogP contribution in [0, 0.1) is 0 Å². The zero-order valence-electron chi connectivity index (χ0n) is 18.8. The van der Waals surface area contributed by atoms with E-state index in [-0.39, 0.29) is 17.9 Å². The van der Waals surface area contributed by atoms with Gasteiger partial charge in [-0.25, -0.2) is 9.97 Å². The van der Waals surface area contributed by atoms with Gasteiger partial charge in [0.1, 0.15) is 0 Å². The molecule has 0 radical (unpaired) electrons. The first kappa shape index (κ1) is 23.0. The number of nitrogens with one attached hydrogen (secondary N) is 2. The van der Waals surface area contributed by atoms with Crippen LogP contribution in [0.3, 0.4) is 0 Å². The number of halogens is 1. The lowest BCUT2D eigenvalue weighted by atomic mass is 10.0. The molecule has 0 saturated carbocycles. The SMILES string of the molecule is C=CC(=O)Nc1ccc(C(=O)N2CC[C@@H](Nc3ncc(Cl)cn3)C2)cc1N1CC(N(C)C)C1. The number of aromatic nitrogens is 2.